The lowest BCUT2D eigenvalue weighted by Crippen LogP contribution is -2.28. The van der Waals surface area contributed by atoms with E-state index in [0.717, 1.165) is 22.2 Å². The molecule has 0 radical (unpaired) electrons. The molecular formula is C45H31N3. The molecule has 0 N–H and O–H groups in total. The van der Waals surface area contributed by atoms with Gasteiger partial charge in [-0.05, 0) is 71.3 Å². The normalized spacial score (nSPS) is 16.5. The molecule has 8 aromatic rings. The van der Waals surface area contributed by atoms with Gasteiger partial charge in [0.1, 0.15) is 0 Å². The molecule has 0 bridgehead atoms. The maximum atomic E-state index is 5.19. The van der Waals surface area contributed by atoms with Gasteiger partial charge in [-0.3, -0.25) is 0 Å². The second-order valence-corrected chi connectivity index (χ2v) is 12.8. The van der Waals surface area contributed by atoms with Gasteiger partial charge >= 0.3 is 0 Å². The highest BCUT2D eigenvalue weighted by Gasteiger charge is 2.38. The fourth-order valence-corrected chi connectivity index (χ4v) is 7.95. The van der Waals surface area contributed by atoms with Gasteiger partial charge in [-0.2, -0.15) is 0 Å². The highest BCUT2D eigenvalue weighted by molar-refractivity contribution is 6.11. The SMILES string of the molecule is C1=CC2c3cc4c5ccccc5n(-c5ccccc5)c4cc3N(c3cccc(-c4cc(-c5ccccc5)c5ccccc5n4)c3)C2C=C1. The summed E-state index contributed by atoms with van der Waals surface area (Å²) in [6.07, 6.45) is 9.12. The minimum absolute atomic E-state index is 0.188. The molecule has 2 unspecified atom stereocenters. The number of nitrogens with zero attached hydrogens (tertiary/aromatic N) is 3. The Bertz CT molecular complexity index is 2580. The number of allylic oxidation sites excluding steroid dienone is 2. The minimum atomic E-state index is 0.188. The van der Waals surface area contributed by atoms with Crippen LogP contribution in [0.2, 0.25) is 0 Å². The van der Waals surface area contributed by atoms with E-state index in [0.29, 0.717) is 0 Å². The van der Waals surface area contributed by atoms with Crippen LogP contribution in [0.3, 0.4) is 0 Å². The summed E-state index contributed by atoms with van der Waals surface area (Å²) in [4.78, 5) is 7.73. The first kappa shape index (κ1) is 27.0. The van der Waals surface area contributed by atoms with Gasteiger partial charge in [0, 0.05) is 44.7 Å². The van der Waals surface area contributed by atoms with Gasteiger partial charge < -0.3 is 9.47 Å². The summed E-state index contributed by atoms with van der Waals surface area (Å²) in [5, 5.41) is 3.74. The Morgan fingerprint density at radius 2 is 1.21 bits per heavy atom. The van der Waals surface area contributed by atoms with E-state index in [2.05, 4.69) is 185 Å². The Kier molecular flexibility index (Phi) is 6.00. The number of para-hydroxylation sites is 3. The first-order valence-corrected chi connectivity index (χ1v) is 16.6. The Labute approximate surface area is 279 Å². The van der Waals surface area contributed by atoms with Gasteiger partial charge in [0.05, 0.1) is 28.3 Å². The van der Waals surface area contributed by atoms with E-state index in [1.165, 1.54) is 55.6 Å². The summed E-state index contributed by atoms with van der Waals surface area (Å²) < 4.78 is 2.41. The first-order valence-electron chi connectivity index (χ1n) is 16.6. The highest BCUT2D eigenvalue weighted by atomic mass is 15.2. The minimum Gasteiger partial charge on any atom is -0.333 e. The monoisotopic (exact) mass is 613 g/mol. The van der Waals surface area contributed by atoms with E-state index in [4.69, 9.17) is 4.98 Å². The Morgan fingerprint density at radius 3 is 2.08 bits per heavy atom. The van der Waals surface area contributed by atoms with Crippen LogP contribution in [-0.4, -0.2) is 15.6 Å². The third-order valence-corrected chi connectivity index (χ3v) is 10.1. The molecule has 0 saturated carbocycles. The summed E-state index contributed by atoms with van der Waals surface area (Å²) in [5.41, 5.74) is 12.9. The quantitative estimate of drug-likeness (QED) is 0.197. The van der Waals surface area contributed by atoms with Crippen LogP contribution in [0.25, 0.3) is 60.8 Å². The van der Waals surface area contributed by atoms with E-state index in [9.17, 15) is 0 Å². The van der Waals surface area contributed by atoms with Gasteiger partial charge in [0.2, 0.25) is 0 Å². The molecule has 1 aliphatic heterocycles. The molecule has 2 atom stereocenters. The number of pyridine rings is 1. The Morgan fingerprint density at radius 1 is 0.500 bits per heavy atom. The fraction of sp³-hybridized carbons (Fsp3) is 0.0444. The molecule has 3 nitrogen and oxygen atoms in total. The van der Waals surface area contributed by atoms with Crippen LogP contribution >= 0.6 is 0 Å². The second kappa shape index (κ2) is 10.7. The summed E-state index contributed by atoms with van der Waals surface area (Å²) in [7, 11) is 0. The number of fused-ring (bicyclic) bond motifs is 7. The standard InChI is InChI=1S/C45H31N3/c1-3-14-30(15-4-1)37-28-41(46-40-23-10-7-20-34(37)40)31-16-13-19-33(26-31)48-43-25-12-9-22-36(43)39-27-38-35-21-8-11-24-42(35)47(44(38)29-45(39)48)32-17-5-2-6-18-32/h1-29,36,43H. The Balaban J connectivity index is 1.17. The fourth-order valence-electron chi connectivity index (χ4n) is 7.95. The van der Waals surface area contributed by atoms with Gasteiger partial charge in [0.15, 0.2) is 0 Å². The lowest BCUT2D eigenvalue weighted by atomic mass is 9.90. The lowest BCUT2D eigenvalue weighted by molar-refractivity contribution is 0.745. The summed E-state index contributed by atoms with van der Waals surface area (Å²) >= 11 is 0. The summed E-state index contributed by atoms with van der Waals surface area (Å²) in [6, 6.07) is 54.9. The van der Waals surface area contributed by atoms with E-state index < -0.39 is 0 Å². The van der Waals surface area contributed by atoms with Gasteiger partial charge in [0.25, 0.3) is 0 Å². The molecule has 10 rings (SSSR count). The molecule has 48 heavy (non-hydrogen) atoms. The molecule has 2 aliphatic rings. The van der Waals surface area contributed by atoms with Crippen LogP contribution in [0.4, 0.5) is 11.4 Å². The first-order chi connectivity index (χ1) is 23.8. The van der Waals surface area contributed by atoms with Crippen molar-refractivity contribution >= 4 is 44.1 Å². The van der Waals surface area contributed by atoms with Crippen LogP contribution in [0.15, 0.2) is 176 Å². The largest absolute Gasteiger partial charge is 0.333 e. The predicted molar refractivity (Wildman–Crippen MR) is 200 cm³/mol. The topological polar surface area (TPSA) is 21.1 Å². The van der Waals surface area contributed by atoms with E-state index >= 15 is 0 Å². The van der Waals surface area contributed by atoms with Crippen LogP contribution in [-0.2, 0) is 0 Å². The van der Waals surface area contributed by atoms with Crippen molar-refractivity contribution in [2.45, 2.75) is 12.0 Å². The average molecular weight is 614 g/mol. The number of aromatic nitrogens is 2. The number of hydrogen-bond donors (Lipinski definition) is 0. The van der Waals surface area contributed by atoms with Crippen molar-refractivity contribution < 1.29 is 0 Å². The molecule has 226 valence electrons. The van der Waals surface area contributed by atoms with Crippen molar-refractivity contribution in [3.63, 3.8) is 0 Å². The molecule has 0 saturated heterocycles. The third-order valence-electron chi connectivity index (χ3n) is 10.1. The highest BCUT2D eigenvalue weighted by Crippen LogP contribution is 2.51. The number of anilines is 2. The van der Waals surface area contributed by atoms with E-state index in [-0.39, 0.29) is 12.0 Å². The summed E-state index contributed by atoms with van der Waals surface area (Å²) in [5.74, 6) is 0.264. The Hall–Kier alpha value is -6.19. The van der Waals surface area contributed by atoms with Crippen LogP contribution in [0.1, 0.15) is 11.5 Å². The van der Waals surface area contributed by atoms with Crippen molar-refractivity contribution in [1.29, 1.82) is 0 Å². The zero-order chi connectivity index (χ0) is 31.6. The molecule has 0 spiro atoms. The molecule has 0 amide bonds. The van der Waals surface area contributed by atoms with Crippen molar-refractivity contribution in [3.05, 3.63) is 182 Å². The van der Waals surface area contributed by atoms with Gasteiger partial charge in [-0.1, -0.05) is 121 Å². The maximum Gasteiger partial charge on any atom is 0.0716 e. The molecule has 1 aliphatic carbocycles. The number of rotatable bonds is 4. The molecule has 3 heteroatoms. The van der Waals surface area contributed by atoms with Gasteiger partial charge in [-0.15, -0.1) is 0 Å². The summed E-state index contributed by atoms with van der Waals surface area (Å²) in [6.45, 7) is 0. The number of hydrogen-bond acceptors (Lipinski definition) is 2. The number of benzene rings is 6. The van der Waals surface area contributed by atoms with Crippen LogP contribution in [0.5, 0.6) is 0 Å². The average Bonchev–Trinajstić information content (AvgIpc) is 3.66. The van der Waals surface area contributed by atoms with Crippen molar-refractivity contribution in [1.82, 2.24) is 9.55 Å². The predicted octanol–water partition coefficient (Wildman–Crippen LogP) is 11.4. The maximum absolute atomic E-state index is 5.19. The van der Waals surface area contributed by atoms with Crippen LogP contribution in [0, 0.1) is 0 Å². The smallest absolute Gasteiger partial charge is 0.0716 e. The van der Waals surface area contributed by atoms with E-state index in [1.54, 1.807) is 0 Å². The second-order valence-electron chi connectivity index (χ2n) is 12.8. The van der Waals surface area contributed by atoms with Crippen LogP contribution < -0.4 is 4.90 Å². The van der Waals surface area contributed by atoms with Gasteiger partial charge in [-0.25, -0.2) is 4.98 Å². The van der Waals surface area contributed by atoms with Crippen molar-refractivity contribution in [3.8, 4) is 28.1 Å². The molecule has 6 aromatic carbocycles. The third kappa shape index (κ3) is 4.11. The zero-order valence-electron chi connectivity index (χ0n) is 26.2. The van der Waals surface area contributed by atoms with Crippen molar-refractivity contribution in [2.75, 3.05) is 4.90 Å². The van der Waals surface area contributed by atoms with E-state index in [1.807, 2.05) is 0 Å². The zero-order valence-corrected chi connectivity index (χ0v) is 26.2. The lowest BCUT2D eigenvalue weighted by Gasteiger charge is -2.29. The van der Waals surface area contributed by atoms with Crippen molar-refractivity contribution in [2.24, 2.45) is 0 Å². The molecule has 3 heterocycles. The molecule has 2 aromatic heterocycles. The molecular weight excluding hydrogens is 583 g/mol. The molecule has 0 fully saturated rings.